The largest absolute Gasteiger partial charge is 0.444 e. The lowest BCUT2D eigenvalue weighted by Crippen LogP contribution is -2.45. The molecule has 0 aliphatic carbocycles. The zero-order valence-electron chi connectivity index (χ0n) is 16.0. The summed E-state index contributed by atoms with van der Waals surface area (Å²) in [5.74, 6) is -1.47. The van der Waals surface area contributed by atoms with Gasteiger partial charge in [0.05, 0.1) is 16.5 Å². The molecule has 28 heavy (non-hydrogen) atoms. The number of amides is 5. The summed E-state index contributed by atoms with van der Waals surface area (Å²) in [7, 11) is 0. The molecule has 10 nitrogen and oxygen atoms in total. The Morgan fingerprint density at radius 1 is 1.21 bits per heavy atom. The Labute approximate surface area is 166 Å². The topological polar surface area (TPSA) is 157 Å². The van der Waals surface area contributed by atoms with Crippen molar-refractivity contribution in [3.63, 3.8) is 0 Å². The monoisotopic (exact) mass is 411 g/mol. The highest BCUT2D eigenvalue weighted by molar-refractivity contribution is 7.20. The highest BCUT2D eigenvalue weighted by Crippen LogP contribution is 2.32. The normalized spacial score (nSPS) is 17.0. The number of carbonyl (C=O) groups excluding carboxylic acids is 4. The number of piperidine rings is 1. The predicted molar refractivity (Wildman–Crippen MR) is 105 cm³/mol. The SMILES string of the molecule is CC(C)(C)OC(=O)N1CCCC(C(=O)Nc2cc(C(N)=O)c(NC(N)=O)s2)C1. The summed E-state index contributed by atoms with van der Waals surface area (Å²) in [4.78, 5) is 48.9. The lowest BCUT2D eigenvalue weighted by Gasteiger charge is -2.33. The molecule has 0 bridgehead atoms. The van der Waals surface area contributed by atoms with Crippen LogP contribution in [-0.4, -0.2) is 47.5 Å². The molecule has 2 rings (SSSR count). The number of rotatable bonds is 4. The first-order valence-electron chi connectivity index (χ1n) is 8.75. The molecule has 1 aliphatic rings. The average Bonchev–Trinajstić information content (AvgIpc) is 2.95. The number of anilines is 2. The molecule has 0 spiro atoms. The van der Waals surface area contributed by atoms with E-state index in [1.165, 1.54) is 11.0 Å². The summed E-state index contributed by atoms with van der Waals surface area (Å²) in [6, 6.07) is 0.535. The van der Waals surface area contributed by atoms with E-state index in [1.54, 1.807) is 20.8 Å². The number of carbonyl (C=O) groups is 4. The summed E-state index contributed by atoms with van der Waals surface area (Å²) >= 11 is 0.974. The number of hydrogen-bond donors (Lipinski definition) is 4. The fourth-order valence-electron chi connectivity index (χ4n) is 2.75. The highest BCUT2D eigenvalue weighted by Gasteiger charge is 2.31. The molecule has 1 aliphatic heterocycles. The van der Waals surface area contributed by atoms with Gasteiger partial charge in [-0.05, 0) is 39.7 Å². The van der Waals surface area contributed by atoms with Crippen molar-refractivity contribution in [2.75, 3.05) is 23.7 Å². The second kappa shape index (κ2) is 8.46. The third kappa shape index (κ3) is 5.84. The fraction of sp³-hybridized carbons (Fsp3) is 0.529. The third-order valence-electron chi connectivity index (χ3n) is 3.92. The van der Waals surface area contributed by atoms with E-state index in [2.05, 4.69) is 10.6 Å². The molecule has 11 heteroatoms. The molecule has 5 amide bonds. The number of hydrogen-bond acceptors (Lipinski definition) is 6. The summed E-state index contributed by atoms with van der Waals surface area (Å²) in [5, 5.41) is 5.52. The minimum absolute atomic E-state index is 0.0538. The molecule has 1 unspecified atom stereocenters. The second-order valence-corrected chi connectivity index (χ2v) is 8.51. The van der Waals surface area contributed by atoms with E-state index >= 15 is 0 Å². The van der Waals surface area contributed by atoms with Crippen molar-refractivity contribution in [2.45, 2.75) is 39.2 Å². The van der Waals surface area contributed by atoms with Crippen LogP contribution in [0.25, 0.3) is 0 Å². The van der Waals surface area contributed by atoms with E-state index < -0.39 is 29.6 Å². The van der Waals surface area contributed by atoms with Gasteiger partial charge in [0.2, 0.25) is 5.91 Å². The first-order valence-corrected chi connectivity index (χ1v) is 9.57. The van der Waals surface area contributed by atoms with Crippen LogP contribution in [0.3, 0.4) is 0 Å². The van der Waals surface area contributed by atoms with Gasteiger partial charge in [-0.3, -0.25) is 14.9 Å². The quantitative estimate of drug-likeness (QED) is 0.595. The zero-order chi connectivity index (χ0) is 21.1. The molecular weight excluding hydrogens is 386 g/mol. The standard InChI is InChI=1S/C17H25N5O5S/c1-17(2,3)27-16(26)22-6-4-5-9(8-22)13(24)20-11-7-10(12(18)23)14(28-11)21-15(19)25/h7,9H,4-6,8H2,1-3H3,(H2,18,23)(H,20,24)(H3,19,21,25). The molecular formula is C17H25N5O5S. The van der Waals surface area contributed by atoms with Crippen molar-refractivity contribution < 1.29 is 23.9 Å². The van der Waals surface area contributed by atoms with Gasteiger partial charge in [0.15, 0.2) is 0 Å². The first kappa shape index (κ1) is 21.5. The average molecular weight is 411 g/mol. The van der Waals surface area contributed by atoms with Gasteiger partial charge in [-0.25, -0.2) is 9.59 Å². The molecule has 1 aromatic rings. The molecule has 6 N–H and O–H groups in total. The number of urea groups is 1. The number of thiophene rings is 1. The summed E-state index contributed by atoms with van der Waals surface area (Å²) in [5.41, 5.74) is 9.80. The highest BCUT2D eigenvalue weighted by atomic mass is 32.1. The Morgan fingerprint density at radius 3 is 2.46 bits per heavy atom. The van der Waals surface area contributed by atoms with Crippen LogP contribution in [0.15, 0.2) is 6.07 Å². The van der Waals surface area contributed by atoms with E-state index in [-0.39, 0.29) is 23.0 Å². The summed E-state index contributed by atoms with van der Waals surface area (Å²) < 4.78 is 5.36. The predicted octanol–water partition coefficient (Wildman–Crippen LogP) is 1.92. The van der Waals surface area contributed by atoms with Crippen molar-refractivity contribution in [1.82, 2.24) is 4.90 Å². The van der Waals surface area contributed by atoms with E-state index in [1.807, 2.05) is 0 Å². The van der Waals surface area contributed by atoms with Gasteiger partial charge in [0.1, 0.15) is 10.6 Å². The Kier molecular flexibility index (Phi) is 6.49. The van der Waals surface area contributed by atoms with Gasteiger partial charge in [-0.15, -0.1) is 0 Å². The van der Waals surface area contributed by atoms with E-state index in [9.17, 15) is 19.2 Å². The van der Waals surface area contributed by atoms with Crippen LogP contribution in [0, 0.1) is 5.92 Å². The van der Waals surface area contributed by atoms with Crippen LogP contribution in [0.5, 0.6) is 0 Å². The van der Waals surface area contributed by atoms with Crippen LogP contribution in [0.2, 0.25) is 0 Å². The maximum Gasteiger partial charge on any atom is 0.410 e. The third-order valence-corrected chi connectivity index (χ3v) is 4.89. The van der Waals surface area contributed by atoms with Crippen molar-refractivity contribution in [1.29, 1.82) is 0 Å². The lowest BCUT2D eigenvalue weighted by atomic mass is 9.97. The van der Waals surface area contributed by atoms with Crippen LogP contribution >= 0.6 is 11.3 Å². The van der Waals surface area contributed by atoms with Gasteiger partial charge in [-0.2, -0.15) is 0 Å². The van der Waals surface area contributed by atoms with Crippen molar-refractivity contribution in [2.24, 2.45) is 17.4 Å². The Morgan fingerprint density at radius 2 is 1.89 bits per heavy atom. The molecule has 1 saturated heterocycles. The molecule has 1 fully saturated rings. The number of nitrogens with one attached hydrogen (secondary N) is 2. The van der Waals surface area contributed by atoms with Crippen molar-refractivity contribution in [3.8, 4) is 0 Å². The molecule has 2 heterocycles. The number of ether oxygens (including phenoxy) is 1. The van der Waals surface area contributed by atoms with Gasteiger partial charge >= 0.3 is 12.1 Å². The molecule has 154 valence electrons. The first-order chi connectivity index (χ1) is 13.0. The second-order valence-electron chi connectivity index (χ2n) is 7.46. The van der Waals surface area contributed by atoms with E-state index in [0.29, 0.717) is 24.4 Å². The van der Waals surface area contributed by atoms with Gasteiger partial charge in [0.25, 0.3) is 5.91 Å². The van der Waals surface area contributed by atoms with Crippen molar-refractivity contribution in [3.05, 3.63) is 11.6 Å². The van der Waals surface area contributed by atoms with Crippen molar-refractivity contribution >= 4 is 45.3 Å². The molecule has 0 radical (unpaired) electrons. The van der Waals surface area contributed by atoms with Gasteiger partial charge in [-0.1, -0.05) is 11.3 Å². The zero-order valence-corrected chi connectivity index (χ0v) is 16.9. The maximum absolute atomic E-state index is 12.6. The molecule has 0 saturated carbocycles. The number of likely N-dealkylation sites (tertiary alicyclic amines) is 1. The van der Waals surface area contributed by atoms with Gasteiger partial charge < -0.3 is 26.4 Å². The Hall–Kier alpha value is -2.82. The maximum atomic E-state index is 12.6. The smallest absolute Gasteiger partial charge is 0.410 e. The van der Waals surface area contributed by atoms with Crippen LogP contribution < -0.4 is 22.1 Å². The minimum Gasteiger partial charge on any atom is -0.444 e. The lowest BCUT2D eigenvalue weighted by molar-refractivity contribution is -0.121. The number of nitrogens with zero attached hydrogens (tertiary/aromatic N) is 1. The Balaban J connectivity index is 2.05. The molecule has 1 aromatic heterocycles. The minimum atomic E-state index is -0.845. The van der Waals surface area contributed by atoms with Crippen LogP contribution in [0.1, 0.15) is 44.0 Å². The number of nitrogens with two attached hydrogens (primary N) is 2. The fourth-order valence-corrected chi connectivity index (χ4v) is 3.72. The molecule has 1 atom stereocenters. The van der Waals surface area contributed by atoms with E-state index in [0.717, 1.165) is 11.3 Å². The summed E-state index contributed by atoms with van der Waals surface area (Å²) in [6.07, 6.45) is 0.832. The van der Waals surface area contributed by atoms with E-state index in [4.69, 9.17) is 16.2 Å². The van der Waals surface area contributed by atoms with Crippen LogP contribution in [0.4, 0.5) is 19.6 Å². The summed E-state index contributed by atoms with van der Waals surface area (Å²) in [6.45, 7) is 6.11. The molecule has 0 aromatic carbocycles. The Bertz CT molecular complexity index is 785. The van der Waals surface area contributed by atoms with Crippen LogP contribution in [-0.2, 0) is 9.53 Å². The van der Waals surface area contributed by atoms with Gasteiger partial charge in [0, 0.05) is 13.1 Å². The number of primary amides is 2.